The molecule has 2 aromatic rings. The Kier molecular flexibility index (Phi) is 3.40. The van der Waals surface area contributed by atoms with Crippen LogP contribution in [0.1, 0.15) is 37.7 Å². The first kappa shape index (κ1) is 14.0. The van der Waals surface area contributed by atoms with E-state index in [4.69, 9.17) is 15.5 Å². The summed E-state index contributed by atoms with van der Waals surface area (Å²) >= 11 is 0. The van der Waals surface area contributed by atoms with Crippen molar-refractivity contribution < 1.29 is 4.74 Å². The van der Waals surface area contributed by atoms with Crippen molar-refractivity contribution in [2.24, 2.45) is 5.92 Å². The number of nitrogen functional groups attached to an aromatic ring is 1. The van der Waals surface area contributed by atoms with Crippen LogP contribution in [0, 0.1) is 12.8 Å². The molecule has 2 N–H and O–H groups in total. The molecule has 21 heavy (non-hydrogen) atoms. The van der Waals surface area contributed by atoms with E-state index in [1.165, 1.54) is 0 Å². The Morgan fingerprint density at radius 1 is 1.33 bits per heavy atom. The number of imidazole rings is 1. The van der Waals surface area contributed by atoms with Gasteiger partial charge in [-0.1, -0.05) is 6.92 Å². The van der Waals surface area contributed by atoms with E-state index in [1.54, 1.807) is 7.11 Å². The van der Waals surface area contributed by atoms with Crippen LogP contribution in [0.2, 0.25) is 0 Å². The number of fused-ring (bicyclic) bond motifs is 1. The van der Waals surface area contributed by atoms with Crippen LogP contribution >= 0.6 is 0 Å². The minimum absolute atomic E-state index is 0.421. The number of aryl methyl sites for hydroxylation is 1. The molecule has 2 atom stereocenters. The summed E-state index contributed by atoms with van der Waals surface area (Å²) in [6.07, 6.45) is 2.16. The Morgan fingerprint density at radius 3 is 2.76 bits per heavy atom. The van der Waals surface area contributed by atoms with Crippen LogP contribution in [-0.2, 0) is 6.42 Å². The summed E-state index contributed by atoms with van der Waals surface area (Å²) in [6.45, 7) is 6.54. The van der Waals surface area contributed by atoms with Crippen LogP contribution in [-0.4, -0.2) is 16.7 Å². The second kappa shape index (κ2) is 5.10. The van der Waals surface area contributed by atoms with Crippen molar-refractivity contribution in [2.45, 2.75) is 39.7 Å². The molecule has 3 rings (SSSR count). The summed E-state index contributed by atoms with van der Waals surface area (Å²) in [7, 11) is 1.69. The lowest BCUT2D eigenvalue weighted by Crippen LogP contribution is -2.22. The molecule has 2 heterocycles. The predicted octanol–water partition coefficient (Wildman–Crippen LogP) is 3.59. The lowest BCUT2D eigenvalue weighted by molar-refractivity contribution is 0.346. The molecule has 0 fully saturated rings. The predicted molar refractivity (Wildman–Crippen MR) is 85.6 cm³/mol. The van der Waals surface area contributed by atoms with Gasteiger partial charge in [0.15, 0.2) is 0 Å². The molecule has 112 valence electrons. The fraction of sp³-hybridized carbons (Fsp3) is 0.471. The number of ether oxygens (including phenoxy) is 1. The molecule has 0 aliphatic carbocycles. The molecule has 0 saturated carbocycles. The molecule has 1 aromatic heterocycles. The SMILES string of the molecule is COc1ccc(-c2nc3n(c2N)C(C)CC(C)C3)cc1C. The van der Waals surface area contributed by atoms with Gasteiger partial charge >= 0.3 is 0 Å². The van der Waals surface area contributed by atoms with Crippen molar-refractivity contribution in [3.63, 3.8) is 0 Å². The molecule has 4 nitrogen and oxygen atoms in total. The van der Waals surface area contributed by atoms with E-state index in [0.717, 1.165) is 47.1 Å². The van der Waals surface area contributed by atoms with Crippen LogP contribution in [0.5, 0.6) is 5.75 Å². The third-order valence-electron chi connectivity index (χ3n) is 4.40. The number of benzene rings is 1. The molecule has 0 amide bonds. The van der Waals surface area contributed by atoms with Gasteiger partial charge in [0.1, 0.15) is 23.1 Å². The first-order valence-corrected chi connectivity index (χ1v) is 7.52. The van der Waals surface area contributed by atoms with E-state index in [2.05, 4.69) is 24.5 Å². The van der Waals surface area contributed by atoms with E-state index in [0.29, 0.717) is 12.0 Å². The maximum absolute atomic E-state index is 6.38. The molecule has 1 aromatic carbocycles. The quantitative estimate of drug-likeness (QED) is 0.917. The Morgan fingerprint density at radius 2 is 2.10 bits per heavy atom. The number of methoxy groups -OCH3 is 1. The van der Waals surface area contributed by atoms with Crippen molar-refractivity contribution in [2.75, 3.05) is 12.8 Å². The fourth-order valence-electron chi connectivity index (χ4n) is 3.45. The molecule has 0 radical (unpaired) electrons. The van der Waals surface area contributed by atoms with Gasteiger partial charge in [0.2, 0.25) is 0 Å². The number of hydrogen-bond acceptors (Lipinski definition) is 3. The van der Waals surface area contributed by atoms with E-state index < -0.39 is 0 Å². The molecule has 4 heteroatoms. The maximum atomic E-state index is 6.38. The number of nitrogens with two attached hydrogens (primary N) is 1. The van der Waals surface area contributed by atoms with Crippen LogP contribution in [0.15, 0.2) is 18.2 Å². The summed E-state index contributed by atoms with van der Waals surface area (Å²) < 4.78 is 7.52. The minimum atomic E-state index is 0.421. The fourth-order valence-corrected chi connectivity index (χ4v) is 3.45. The first-order valence-electron chi connectivity index (χ1n) is 7.52. The van der Waals surface area contributed by atoms with Gasteiger partial charge in [0.25, 0.3) is 0 Å². The molecule has 1 aliphatic rings. The van der Waals surface area contributed by atoms with Gasteiger partial charge in [-0.05, 0) is 49.9 Å². The van der Waals surface area contributed by atoms with Crippen molar-refractivity contribution in [1.82, 2.24) is 9.55 Å². The summed E-state index contributed by atoms with van der Waals surface area (Å²) in [5.41, 5.74) is 9.44. The number of aromatic nitrogens is 2. The maximum Gasteiger partial charge on any atom is 0.131 e. The second-order valence-electron chi connectivity index (χ2n) is 6.21. The summed E-state index contributed by atoms with van der Waals surface area (Å²) in [5.74, 6) is 3.46. The van der Waals surface area contributed by atoms with E-state index in [-0.39, 0.29) is 0 Å². The zero-order valence-corrected chi connectivity index (χ0v) is 13.2. The third kappa shape index (κ3) is 2.28. The first-order chi connectivity index (χ1) is 10.0. The highest BCUT2D eigenvalue weighted by molar-refractivity contribution is 5.72. The van der Waals surface area contributed by atoms with Crippen molar-refractivity contribution >= 4 is 5.82 Å². The molecule has 2 unspecified atom stereocenters. The van der Waals surface area contributed by atoms with Gasteiger partial charge < -0.3 is 15.0 Å². The Labute approximate surface area is 125 Å². The number of anilines is 1. The van der Waals surface area contributed by atoms with E-state index in [1.807, 2.05) is 19.1 Å². The van der Waals surface area contributed by atoms with Crippen LogP contribution < -0.4 is 10.5 Å². The highest BCUT2D eigenvalue weighted by Gasteiger charge is 2.26. The minimum Gasteiger partial charge on any atom is -0.496 e. The lowest BCUT2D eigenvalue weighted by atomic mass is 9.95. The van der Waals surface area contributed by atoms with Crippen LogP contribution in [0.4, 0.5) is 5.82 Å². The summed E-state index contributed by atoms with van der Waals surface area (Å²) in [6, 6.07) is 6.53. The Hall–Kier alpha value is -1.97. The zero-order valence-electron chi connectivity index (χ0n) is 13.2. The number of rotatable bonds is 2. The lowest BCUT2D eigenvalue weighted by Gasteiger charge is -2.27. The molecule has 0 spiro atoms. The van der Waals surface area contributed by atoms with E-state index >= 15 is 0 Å². The monoisotopic (exact) mass is 285 g/mol. The normalized spacial score (nSPS) is 21.1. The Bertz CT molecular complexity index is 675. The largest absolute Gasteiger partial charge is 0.496 e. The Balaban J connectivity index is 2.08. The average molecular weight is 285 g/mol. The molecule has 0 saturated heterocycles. The van der Waals surface area contributed by atoms with Gasteiger partial charge in [-0.2, -0.15) is 0 Å². The summed E-state index contributed by atoms with van der Waals surface area (Å²) in [5, 5.41) is 0. The highest BCUT2D eigenvalue weighted by atomic mass is 16.5. The van der Waals surface area contributed by atoms with Gasteiger partial charge in [0, 0.05) is 18.0 Å². The molecular weight excluding hydrogens is 262 g/mol. The van der Waals surface area contributed by atoms with Crippen molar-refractivity contribution in [3.05, 3.63) is 29.6 Å². The van der Waals surface area contributed by atoms with Gasteiger partial charge in [-0.25, -0.2) is 4.98 Å². The zero-order chi connectivity index (χ0) is 15.1. The molecule has 1 aliphatic heterocycles. The van der Waals surface area contributed by atoms with Crippen LogP contribution in [0.3, 0.4) is 0 Å². The third-order valence-corrected chi connectivity index (χ3v) is 4.40. The number of nitrogens with zero attached hydrogens (tertiary/aromatic N) is 2. The van der Waals surface area contributed by atoms with Crippen molar-refractivity contribution in [3.8, 4) is 17.0 Å². The molecular formula is C17H23N3O. The van der Waals surface area contributed by atoms with Crippen molar-refractivity contribution in [1.29, 1.82) is 0 Å². The number of hydrogen-bond donors (Lipinski definition) is 1. The molecule has 0 bridgehead atoms. The van der Waals surface area contributed by atoms with Gasteiger partial charge in [-0.3, -0.25) is 0 Å². The topological polar surface area (TPSA) is 53.1 Å². The van der Waals surface area contributed by atoms with Gasteiger partial charge in [-0.15, -0.1) is 0 Å². The summed E-state index contributed by atoms with van der Waals surface area (Å²) in [4.78, 5) is 4.82. The smallest absolute Gasteiger partial charge is 0.131 e. The van der Waals surface area contributed by atoms with Crippen LogP contribution in [0.25, 0.3) is 11.3 Å². The highest BCUT2D eigenvalue weighted by Crippen LogP contribution is 2.37. The second-order valence-corrected chi connectivity index (χ2v) is 6.21. The van der Waals surface area contributed by atoms with Gasteiger partial charge in [0.05, 0.1) is 7.11 Å². The van der Waals surface area contributed by atoms with E-state index in [9.17, 15) is 0 Å². The average Bonchev–Trinajstić information content (AvgIpc) is 2.75. The standard InChI is InChI=1S/C17H23N3O/c1-10-7-12(3)20-15(8-10)19-16(17(20)18)13-5-6-14(21-4)11(2)9-13/h5-6,9-10,12H,7-8,18H2,1-4H3.